The minimum atomic E-state index is -0.216. The lowest BCUT2D eigenvalue weighted by atomic mass is 10.1. The third-order valence-electron chi connectivity index (χ3n) is 4.84. The molecule has 31 heavy (non-hydrogen) atoms. The quantitative estimate of drug-likeness (QED) is 0.332. The number of ether oxygens (including phenoxy) is 2. The summed E-state index contributed by atoms with van der Waals surface area (Å²) in [5.74, 6) is 1.05. The van der Waals surface area contributed by atoms with Gasteiger partial charge in [-0.15, -0.1) is 0 Å². The molecule has 0 atom stereocenters. The number of carbonyl (C=O) groups excluding carboxylic acids is 2. The number of hydrogen-bond donors (Lipinski definition) is 1. The Bertz CT molecular complexity index is 1020. The third kappa shape index (κ3) is 6.10. The van der Waals surface area contributed by atoms with Gasteiger partial charge in [0.2, 0.25) is 0 Å². The van der Waals surface area contributed by atoms with Crippen molar-refractivity contribution in [2.75, 3.05) is 19.8 Å². The Balaban J connectivity index is 1.71. The Kier molecular flexibility index (Phi) is 8.10. The molecule has 0 unspecified atom stereocenters. The number of esters is 1. The standard InChI is InChI=1S/C25H29NO5/c1-3-5-14-26-25(28)18-12-13-21-19(16-18)17-23(31-21)20-9-6-7-10-22(20)30-15-8-11-24(27)29-4-2/h6-7,9-10,12-13,16-17H,3-5,8,11,14-15H2,1-2H3,(H,26,28). The number of amides is 1. The summed E-state index contributed by atoms with van der Waals surface area (Å²) in [6, 6.07) is 15.0. The first-order valence-corrected chi connectivity index (χ1v) is 10.8. The molecule has 1 amide bonds. The fourth-order valence-electron chi connectivity index (χ4n) is 3.23. The van der Waals surface area contributed by atoms with Crippen LogP contribution < -0.4 is 10.1 Å². The number of benzene rings is 2. The molecule has 6 nitrogen and oxygen atoms in total. The molecule has 1 aromatic heterocycles. The van der Waals surface area contributed by atoms with E-state index in [2.05, 4.69) is 12.2 Å². The lowest BCUT2D eigenvalue weighted by Crippen LogP contribution is -2.24. The van der Waals surface area contributed by atoms with E-state index in [0.29, 0.717) is 55.3 Å². The van der Waals surface area contributed by atoms with Gasteiger partial charge in [-0.1, -0.05) is 25.5 Å². The molecule has 0 aliphatic carbocycles. The second-order valence-electron chi connectivity index (χ2n) is 7.23. The molecule has 0 aliphatic heterocycles. The van der Waals surface area contributed by atoms with Crippen molar-refractivity contribution in [1.29, 1.82) is 0 Å². The number of carbonyl (C=O) groups is 2. The van der Waals surface area contributed by atoms with Crippen LogP contribution in [0.5, 0.6) is 5.75 Å². The molecule has 0 aliphatic rings. The van der Waals surface area contributed by atoms with E-state index < -0.39 is 0 Å². The summed E-state index contributed by atoms with van der Waals surface area (Å²) in [4.78, 5) is 23.8. The molecule has 0 saturated carbocycles. The van der Waals surface area contributed by atoms with Crippen LogP contribution in [0.15, 0.2) is 52.9 Å². The van der Waals surface area contributed by atoms with Crippen molar-refractivity contribution in [3.05, 3.63) is 54.1 Å². The SMILES string of the molecule is CCCCNC(=O)c1ccc2oc(-c3ccccc3OCCCC(=O)OCC)cc2c1. The van der Waals surface area contributed by atoms with Crippen LogP contribution in [-0.2, 0) is 9.53 Å². The summed E-state index contributed by atoms with van der Waals surface area (Å²) in [6.07, 6.45) is 2.89. The second kappa shape index (κ2) is 11.2. The van der Waals surface area contributed by atoms with Gasteiger partial charge in [0.15, 0.2) is 0 Å². The van der Waals surface area contributed by atoms with Crippen molar-refractivity contribution in [3.8, 4) is 17.1 Å². The number of nitrogens with one attached hydrogen (secondary N) is 1. The molecule has 0 spiro atoms. The zero-order valence-corrected chi connectivity index (χ0v) is 18.1. The fraction of sp³-hybridized carbons (Fsp3) is 0.360. The summed E-state index contributed by atoms with van der Waals surface area (Å²) in [5.41, 5.74) is 2.14. The van der Waals surface area contributed by atoms with Crippen molar-refractivity contribution in [3.63, 3.8) is 0 Å². The Morgan fingerprint density at radius 3 is 2.68 bits per heavy atom. The van der Waals surface area contributed by atoms with Crippen LogP contribution in [0, 0.1) is 0 Å². The van der Waals surface area contributed by atoms with Gasteiger partial charge < -0.3 is 19.2 Å². The molecule has 2 aromatic carbocycles. The molecule has 3 rings (SSSR count). The lowest BCUT2D eigenvalue weighted by Gasteiger charge is -2.09. The van der Waals surface area contributed by atoms with Crippen LogP contribution >= 0.6 is 0 Å². The molecule has 1 N–H and O–H groups in total. The Morgan fingerprint density at radius 2 is 1.87 bits per heavy atom. The van der Waals surface area contributed by atoms with Gasteiger partial charge in [-0.25, -0.2) is 0 Å². The highest BCUT2D eigenvalue weighted by Crippen LogP contribution is 2.34. The average molecular weight is 424 g/mol. The predicted molar refractivity (Wildman–Crippen MR) is 120 cm³/mol. The Morgan fingerprint density at radius 1 is 1.03 bits per heavy atom. The molecule has 1 heterocycles. The van der Waals surface area contributed by atoms with Crippen molar-refractivity contribution in [1.82, 2.24) is 5.32 Å². The molecule has 3 aromatic rings. The second-order valence-corrected chi connectivity index (χ2v) is 7.23. The summed E-state index contributed by atoms with van der Waals surface area (Å²) < 4.78 is 16.9. The van der Waals surface area contributed by atoms with Crippen molar-refractivity contribution in [2.24, 2.45) is 0 Å². The van der Waals surface area contributed by atoms with Gasteiger partial charge in [-0.05, 0) is 56.2 Å². The molecular weight excluding hydrogens is 394 g/mol. The van der Waals surface area contributed by atoms with E-state index in [-0.39, 0.29) is 11.9 Å². The number of unbranched alkanes of at least 4 members (excludes halogenated alkanes) is 1. The normalized spacial score (nSPS) is 10.8. The molecule has 0 radical (unpaired) electrons. The number of furan rings is 1. The van der Waals surface area contributed by atoms with Crippen molar-refractivity contribution >= 4 is 22.8 Å². The first-order chi connectivity index (χ1) is 15.1. The highest BCUT2D eigenvalue weighted by Gasteiger charge is 2.14. The number of hydrogen-bond acceptors (Lipinski definition) is 5. The molecule has 6 heteroatoms. The summed E-state index contributed by atoms with van der Waals surface area (Å²) in [7, 11) is 0. The highest BCUT2D eigenvalue weighted by molar-refractivity contribution is 5.98. The van der Waals surface area contributed by atoms with Crippen LogP contribution in [0.1, 0.15) is 49.9 Å². The Labute approximate surface area is 182 Å². The molecule has 0 bridgehead atoms. The van der Waals surface area contributed by atoms with Crippen LogP contribution in [0.4, 0.5) is 0 Å². The zero-order valence-electron chi connectivity index (χ0n) is 18.1. The van der Waals surface area contributed by atoms with Crippen molar-refractivity contribution in [2.45, 2.75) is 39.5 Å². The van der Waals surface area contributed by atoms with Gasteiger partial charge >= 0.3 is 5.97 Å². The Hall–Kier alpha value is -3.28. The topological polar surface area (TPSA) is 77.8 Å². The maximum atomic E-state index is 12.3. The predicted octanol–water partition coefficient (Wildman–Crippen LogP) is 5.35. The minimum absolute atomic E-state index is 0.0802. The van der Waals surface area contributed by atoms with Crippen LogP contribution in [0.2, 0.25) is 0 Å². The van der Waals surface area contributed by atoms with E-state index in [4.69, 9.17) is 13.9 Å². The number of rotatable bonds is 11. The smallest absolute Gasteiger partial charge is 0.305 e. The minimum Gasteiger partial charge on any atom is -0.493 e. The molecule has 0 fully saturated rings. The van der Waals surface area contributed by atoms with Gasteiger partial charge in [-0.2, -0.15) is 0 Å². The summed E-state index contributed by atoms with van der Waals surface area (Å²) in [5, 5.41) is 3.79. The maximum Gasteiger partial charge on any atom is 0.305 e. The van der Waals surface area contributed by atoms with E-state index in [1.54, 1.807) is 13.0 Å². The highest BCUT2D eigenvalue weighted by atomic mass is 16.5. The summed E-state index contributed by atoms with van der Waals surface area (Å²) >= 11 is 0. The van der Waals surface area contributed by atoms with E-state index in [0.717, 1.165) is 23.8 Å². The molecular formula is C25H29NO5. The lowest BCUT2D eigenvalue weighted by molar-refractivity contribution is -0.143. The largest absolute Gasteiger partial charge is 0.493 e. The van der Waals surface area contributed by atoms with E-state index in [1.807, 2.05) is 42.5 Å². The van der Waals surface area contributed by atoms with Gasteiger partial charge in [0.25, 0.3) is 5.91 Å². The zero-order chi connectivity index (χ0) is 22.1. The van der Waals surface area contributed by atoms with E-state index in [9.17, 15) is 9.59 Å². The number of para-hydroxylation sites is 1. The number of fused-ring (bicyclic) bond motifs is 1. The summed E-state index contributed by atoms with van der Waals surface area (Å²) in [6.45, 7) is 5.34. The molecule has 0 saturated heterocycles. The van der Waals surface area contributed by atoms with E-state index >= 15 is 0 Å². The fourth-order valence-corrected chi connectivity index (χ4v) is 3.23. The van der Waals surface area contributed by atoms with E-state index in [1.165, 1.54) is 0 Å². The first kappa shape index (κ1) is 22.4. The van der Waals surface area contributed by atoms with Gasteiger partial charge in [-0.3, -0.25) is 9.59 Å². The monoisotopic (exact) mass is 423 g/mol. The van der Waals surface area contributed by atoms with Crippen LogP contribution in [0.25, 0.3) is 22.3 Å². The van der Waals surface area contributed by atoms with Gasteiger partial charge in [0.1, 0.15) is 17.1 Å². The first-order valence-electron chi connectivity index (χ1n) is 10.8. The van der Waals surface area contributed by atoms with Crippen LogP contribution in [0.3, 0.4) is 0 Å². The van der Waals surface area contributed by atoms with Gasteiger partial charge in [0, 0.05) is 23.9 Å². The third-order valence-corrected chi connectivity index (χ3v) is 4.84. The van der Waals surface area contributed by atoms with Gasteiger partial charge in [0.05, 0.1) is 18.8 Å². The van der Waals surface area contributed by atoms with Crippen LogP contribution in [-0.4, -0.2) is 31.6 Å². The molecule has 164 valence electrons. The average Bonchev–Trinajstić information content (AvgIpc) is 3.20. The maximum absolute atomic E-state index is 12.3. The van der Waals surface area contributed by atoms with Crippen molar-refractivity contribution < 1.29 is 23.5 Å².